The van der Waals surface area contributed by atoms with E-state index in [-0.39, 0.29) is 78.0 Å². The second-order valence-corrected chi connectivity index (χ2v) is 35.5. The van der Waals surface area contributed by atoms with Crippen molar-refractivity contribution in [2.75, 3.05) is 26.9 Å². The lowest BCUT2D eigenvalue weighted by Gasteiger charge is -2.48. The van der Waals surface area contributed by atoms with E-state index in [9.17, 15) is 65.4 Å². The number of amides is 7. The number of aliphatic hydroxyl groups is 6. The van der Waals surface area contributed by atoms with Crippen LogP contribution < -0.4 is 62.9 Å². The zero-order chi connectivity index (χ0) is 91.1. The molecular formula is C86H104BrCl2N11O26. The summed E-state index contributed by atoms with van der Waals surface area (Å²) < 4.78 is 53.9. The van der Waals surface area contributed by atoms with E-state index < -0.39 is 261 Å². The van der Waals surface area contributed by atoms with Gasteiger partial charge in [0, 0.05) is 58.2 Å². The van der Waals surface area contributed by atoms with Crippen molar-refractivity contribution in [1.82, 2.24) is 47.0 Å². The highest BCUT2D eigenvalue weighted by Crippen LogP contribution is 2.52. The monoisotopic (exact) mass is 1860 g/mol. The first kappa shape index (κ1) is 94.0. The summed E-state index contributed by atoms with van der Waals surface area (Å²) >= 11 is 18.3. The summed E-state index contributed by atoms with van der Waals surface area (Å²) in [6.07, 6.45) is -21.3. The third-order valence-electron chi connectivity index (χ3n) is 23.8. The van der Waals surface area contributed by atoms with Crippen LogP contribution in [0.1, 0.15) is 156 Å². The van der Waals surface area contributed by atoms with Crippen molar-refractivity contribution in [3.63, 3.8) is 0 Å². The number of halogens is 3. The van der Waals surface area contributed by atoms with E-state index in [4.69, 9.17) is 72.6 Å². The number of carboxylic acid groups (broad SMARTS) is 1. The van der Waals surface area contributed by atoms with Crippen molar-refractivity contribution in [2.24, 2.45) is 17.4 Å². The van der Waals surface area contributed by atoms with E-state index in [0.717, 1.165) is 57.8 Å². The number of aliphatic hydroxyl groups excluding tert-OH is 6. The van der Waals surface area contributed by atoms with E-state index >= 15 is 24.0 Å². The number of carbonyl (C=O) groups excluding carboxylic acids is 7. The fraction of sp³-hybridized carbons (Fsp3) is 0.488. The maximum absolute atomic E-state index is 16.8. The molecule has 21 N–H and O–H groups in total. The summed E-state index contributed by atoms with van der Waals surface area (Å²) in [6.45, 7) is 11.0. The molecule has 9 heterocycles. The number of likely N-dealkylation sites (N-methyl/N-ethyl adjacent to an activating group) is 1. The van der Waals surface area contributed by atoms with Gasteiger partial charge in [0.2, 0.25) is 53.4 Å². The summed E-state index contributed by atoms with van der Waals surface area (Å²) in [6, 6.07) is 6.86. The molecule has 0 spiro atoms. The molecule has 126 heavy (non-hydrogen) atoms. The minimum atomic E-state index is -2.39. The predicted molar refractivity (Wildman–Crippen MR) is 451 cm³/mol. The van der Waals surface area contributed by atoms with Crippen molar-refractivity contribution >= 4 is 86.5 Å². The van der Waals surface area contributed by atoms with E-state index in [1.807, 2.05) is 45.0 Å². The van der Waals surface area contributed by atoms with Crippen LogP contribution in [0.5, 0.6) is 46.0 Å². The lowest BCUT2D eigenvalue weighted by molar-refractivity contribution is -0.334. The van der Waals surface area contributed by atoms with Crippen LogP contribution in [-0.2, 0) is 75.1 Å². The number of ether oxygens (including phenoxy) is 8. The number of hydrogen-bond donors (Lipinski definition) is 19. The van der Waals surface area contributed by atoms with E-state index in [1.165, 1.54) is 50.2 Å². The number of hydrogen-bond acceptors (Lipinski definition) is 29. The summed E-state index contributed by atoms with van der Waals surface area (Å²) in [7, 11) is 1.62. The Balaban J connectivity index is 1.06. The van der Waals surface area contributed by atoms with Crippen molar-refractivity contribution in [2.45, 2.75) is 233 Å². The summed E-state index contributed by atoms with van der Waals surface area (Å²) in [5, 5.41) is 138. The number of aliphatic carboxylic acids is 1. The van der Waals surface area contributed by atoms with Gasteiger partial charge in [0.15, 0.2) is 36.2 Å². The minimum absolute atomic E-state index is 0.0735. The average Bonchev–Trinajstić information content (AvgIpc) is 0.923. The molecule has 15 rings (SSSR count). The van der Waals surface area contributed by atoms with Gasteiger partial charge in [-0.3, -0.25) is 38.5 Å². The molecule has 40 heteroatoms. The van der Waals surface area contributed by atoms with Crippen molar-refractivity contribution in [3.05, 3.63) is 151 Å². The van der Waals surface area contributed by atoms with Crippen LogP contribution in [0.25, 0.3) is 11.1 Å². The normalized spacial score (nSPS) is 30.9. The Hall–Kier alpha value is -9.66. The number of phenols is 3. The van der Waals surface area contributed by atoms with Gasteiger partial charge in [-0.05, 0) is 155 Å². The van der Waals surface area contributed by atoms with Crippen LogP contribution in [0.15, 0.2) is 102 Å². The Morgan fingerprint density at radius 2 is 1.34 bits per heavy atom. The minimum Gasteiger partial charge on any atom is -0.507 e. The molecule has 9 aliphatic heterocycles. The van der Waals surface area contributed by atoms with Crippen molar-refractivity contribution < 1.29 is 127 Å². The summed E-state index contributed by atoms with van der Waals surface area (Å²) in [5.74, 6) is -15.5. The molecule has 680 valence electrons. The molecule has 0 radical (unpaired) electrons. The molecule has 0 aliphatic carbocycles. The van der Waals surface area contributed by atoms with E-state index in [2.05, 4.69) is 53.1 Å². The van der Waals surface area contributed by atoms with Crippen LogP contribution in [0.4, 0.5) is 0 Å². The molecule has 9 aliphatic rings. The molecule has 0 saturated carbocycles. The molecule has 1 unspecified atom stereocenters. The number of fused-ring (bicyclic) bond motifs is 15. The van der Waals surface area contributed by atoms with Gasteiger partial charge in [0.05, 0.1) is 65.8 Å². The number of aromatic hydroxyl groups is 3. The second kappa shape index (κ2) is 38.7. The molecular weight excluding hydrogens is 1750 g/mol. The number of nitrogens with two attached hydrogens (primary N) is 2. The maximum atomic E-state index is 16.8. The third-order valence-corrected chi connectivity index (χ3v) is 24.9. The van der Waals surface area contributed by atoms with Crippen LogP contribution in [0.2, 0.25) is 10.0 Å². The maximum Gasteiger partial charge on any atom is 0.330 e. The Morgan fingerprint density at radius 1 is 0.706 bits per heavy atom. The first-order chi connectivity index (χ1) is 59.6. The van der Waals surface area contributed by atoms with Gasteiger partial charge >= 0.3 is 5.97 Å². The van der Waals surface area contributed by atoms with E-state index in [0.29, 0.717) is 13.0 Å². The number of nitrogens with one attached hydrogen (secondary N) is 7. The van der Waals surface area contributed by atoms with Gasteiger partial charge in [0.1, 0.15) is 89.5 Å². The van der Waals surface area contributed by atoms with Gasteiger partial charge in [0.25, 0.3) is 0 Å². The van der Waals surface area contributed by atoms with Crippen LogP contribution in [-0.4, -0.2) is 238 Å². The van der Waals surface area contributed by atoms with Crippen molar-refractivity contribution in [1.29, 1.82) is 0 Å². The molecule has 37 nitrogen and oxygen atoms in total. The largest absolute Gasteiger partial charge is 0.507 e. The fourth-order valence-electron chi connectivity index (χ4n) is 16.9. The van der Waals surface area contributed by atoms with Gasteiger partial charge in [-0.1, -0.05) is 96.7 Å². The SMILES string of the molecule is CCCCNCc1c(O)cc2c(c1O)-c1cc(ccc1O)[C@H]1NC(=O)[C@@H]3NC(=O)[C@H](CC(N)=O)NC(=O)[C@H](N4CN(C)C(CC(C)C)C4=O)[C@H](O)c4ccc(c(Cl)c4)Oc4cc3cc(c4O[C@H]3O[C@@H](CO)[C@H](O)[C@@H](O)[C@@H]3O[C@H]3C[C@](C)(NCc4cccc(Br)c4)[C@H](O)[C@H](C)O3)Oc3ccc(cc3Cl)[C@@H](O[C@H]3C[C@](C)(N)[C@H](O)[C@H](C)O3)[C@H](NC1=O)C(=O)N[C@H]2C(=O)O. The smallest absolute Gasteiger partial charge is 0.330 e. The molecule has 6 aromatic carbocycles. The van der Waals surface area contributed by atoms with E-state index in [1.54, 1.807) is 25.8 Å². The highest BCUT2D eigenvalue weighted by Gasteiger charge is 2.54. The first-order valence-electron chi connectivity index (χ1n) is 41.2. The highest BCUT2D eigenvalue weighted by atomic mass is 79.9. The van der Waals surface area contributed by atoms with Gasteiger partial charge in [-0.25, -0.2) is 4.79 Å². The average molecular weight is 1860 g/mol. The number of phenolic OH excluding ortho intramolecular Hbond substituents is 3. The molecule has 6 aromatic rings. The third kappa shape index (κ3) is 19.9. The number of carbonyl (C=O) groups is 8. The topological polar surface area (TPSA) is 555 Å². The Bertz CT molecular complexity index is 5140. The zero-order valence-electron chi connectivity index (χ0n) is 69.8. The zero-order valence-corrected chi connectivity index (χ0v) is 72.9. The predicted octanol–water partition coefficient (Wildman–Crippen LogP) is 4.22. The summed E-state index contributed by atoms with van der Waals surface area (Å²) in [5.41, 5.74) is 7.85. The van der Waals surface area contributed by atoms with Crippen molar-refractivity contribution in [3.8, 4) is 57.1 Å². The number of nitrogens with zero attached hydrogens (tertiary/aromatic N) is 2. The molecule has 7 amide bonds. The number of primary amides is 1. The first-order valence-corrected chi connectivity index (χ1v) is 42.7. The van der Waals surface area contributed by atoms with Crippen LogP contribution >= 0.6 is 39.1 Å². The second-order valence-electron chi connectivity index (χ2n) is 33.8. The number of unbranched alkanes of at least 4 members (excludes halogenated alkanes) is 1. The fourth-order valence-corrected chi connectivity index (χ4v) is 17.8. The quantitative estimate of drug-likeness (QED) is 0.0448. The number of rotatable bonds is 21. The van der Waals surface area contributed by atoms with Crippen LogP contribution in [0.3, 0.4) is 0 Å². The molecule has 0 aromatic heterocycles. The Morgan fingerprint density at radius 3 is 1.98 bits per heavy atom. The highest BCUT2D eigenvalue weighted by molar-refractivity contribution is 9.10. The van der Waals surface area contributed by atoms with Gasteiger partial charge in [-0.15, -0.1) is 0 Å². The standard InChI is InChI=1S/C86H104BrCl2N11O26/c1-9-10-20-92-33-47-53(103)28-46-62(69(47)106)45-23-40(14-17-52(45)102)63-78(112)98-66(80(114)97-65(46)83(117)118)72(124-60-30-85(6,91)75(109)37(4)119-60)42-16-19-55(49(89)25-42)122-57-27-43-26-56(73(57)126-84-74(71(108)70(107)58(34-101)123-84)125-61-31-86(7,76(110)38(5)120-61)93-32-39-12-11-13-44(87)22-39)121-54-18-15-41(24-48(54)88)68(105)67(100-35-99(8)51(82(100)116)21-36(2)3)81(115)94-50(29-59(90)104)77(111)95-64(43)79(113)96-63/h11-19,22-28,36-38,50-51,58,60-61,63-68,70-72,74-76,84,92-93,101-103,105-110H,9-10,20-21,29-35,91H2,1-8H3,(H2,90,104)(H,94,115)(H,95,111)(H,96,113)(H,97,114)(H,98,112)(H,117,118)/t37-,38-,50-,51?,58-,60-,61-,63+,64+,65+,66-,67+,68+,70-,71+,72+,74-,75+,76+,84+,85-,86-/m0/s1. The number of benzene rings is 6. The Labute approximate surface area is 742 Å². The van der Waals surface area contributed by atoms with Gasteiger partial charge in [-0.2, -0.15) is 0 Å². The van der Waals surface area contributed by atoms with Gasteiger partial charge < -0.3 is 143 Å². The Kier molecular flexibility index (Phi) is 28.9. The lowest BCUT2D eigenvalue weighted by atomic mass is 9.84. The molecule has 22 atom stereocenters. The summed E-state index contributed by atoms with van der Waals surface area (Å²) in [4.78, 5) is 126. The van der Waals surface area contributed by atoms with Crippen LogP contribution in [0, 0.1) is 5.92 Å². The molecule has 11 bridgehead atoms. The molecule has 4 saturated heterocycles. The number of carboxylic acids is 1. The lowest BCUT2D eigenvalue weighted by Crippen LogP contribution is -2.65. The molecule has 4 fully saturated rings.